The van der Waals surface area contributed by atoms with E-state index < -0.39 is 5.97 Å². The summed E-state index contributed by atoms with van der Waals surface area (Å²) < 4.78 is 1.24. The second kappa shape index (κ2) is 6.29. The van der Waals surface area contributed by atoms with Gasteiger partial charge >= 0.3 is 5.97 Å². The van der Waals surface area contributed by atoms with Gasteiger partial charge in [-0.15, -0.1) is 11.3 Å². The van der Waals surface area contributed by atoms with Crippen molar-refractivity contribution >= 4 is 33.4 Å². The summed E-state index contributed by atoms with van der Waals surface area (Å²) in [6.07, 6.45) is 1.71. The van der Waals surface area contributed by atoms with Gasteiger partial charge in [-0.05, 0) is 17.9 Å². The molecule has 0 saturated carbocycles. The van der Waals surface area contributed by atoms with E-state index in [0.29, 0.717) is 16.6 Å². The van der Waals surface area contributed by atoms with Crippen LogP contribution >= 0.6 is 11.3 Å². The lowest BCUT2D eigenvalue weighted by atomic mass is 10.3. The minimum absolute atomic E-state index is 0.00263. The molecule has 8 heteroatoms. The molecule has 2 aromatic rings. The fraction of sp³-hybridized carbons (Fsp3) is 0.333. The van der Waals surface area contributed by atoms with E-state index in [1.165, 1.54) is 22.2 Å². The number of amides is 1. The Morgan fingerprint density at radius 3 is 3.00 bits per heavy atom. The summed E-state index contributed by atoms with van der Waals surface area (Å²) in [7, 11) is 0. The first-order valence-electron chi connectivity index (χ1n) is 5.99. The number of fused-ring (bicyclic) bond motifs is 1. The van der Waals surface area contributed by atoms with Crippen molar-refractivity contribution in [1.82, 2.24) is 14.9 Å². The van der Waals surface area contributed by atoms with E-state index in [4.69, 9.17) is 5.11 Å². The van der Waals surface area contributed by atoms with Crippen LogP contribution in [0.15, 0.2) is 22.6 Å². The molecule has 0 saturated heterocycles. The molecule has 7 nitrogen and oxygen atoms in total. The molecule has 0 radical (unpaired) electrons. The maximum Gasteiger partial charge on any atom is 0.303 e. The first-order chi connectivity index (χ1) is 9.58. The highest BCUT2D eigenvalue weighted by atomic mass is 32.1. The van der Waals surface area contributed by atoms with Crippen LogP contribution in [0.3, 0.4) is 0 Å². The number of carboxylic acids is 1. The fourth-order valence-electron chi connectivity index (χ4n) is 1.68. The maximum absolute atomic E-state index is 12.0. The van der Waals surface area contributed by atoms with Crippen LogP contribution in [0.25, 0.3) is 10.2 Å². The van der Waals surface area contributed by atoms with E-state index >= 15 is 0 Å². The Kier molecular flexibility index (Phi) is 4.46. The Morgan fingerprint density at radius 2 is 2.25 bits per heavy atom. The van der Waals surface area contributed by atoms with E-state index in [-0.39, 0.29) is 31.0 Å². The molecule has 0 aromatic carbocycles. The third-order valence-electron chi connectivity index (χ3n) is 2.65. The number of carbonyl (C=O) groups excluding carboxylic acids is 1. The highest BCUT2D eigenvalue weighted by molar-refractivity contribution is 7.16. The van der Waals surface area contributed by atoms with Crippen LogP contribution in [-0.2, 0) is 16.1 Å². The molecule has 0 unspecified atom stereocenters. The molecule has 0 aliphatic heterocycles. The fourth-order valence-corrected chi connectivity index (χ4v) is 2.41. The highest BCUT2D eigenvalue weighted by Gasteiger charge is 2.08. The summed E-state index contributed by atoms with van der Waals surface area (Å²) in [5, 5.41) is 13.3. The van der Waals surface area contributed by atoms with Gasteiger partial charge in [-0.25, -0.2) is 4.98 Å². The van der Waals surface area contributed by atoms with Crippen LogP contribution in [0.5, 0.6) is 0 Å². The number of carboxylic acid groups (broad SMARTS) is 1. The maximum atomic E-state index is 12.0. The third-order valence-corrected chi connectivity index (χ3v) is 3.47. The summed E-state index contributed by atoms with van der Waals surface area (Å²) >= 11 is 1.37. The van der Waals surface area contributed by atoms with Gasteiger partial charge in [0, 0.05) is 13.0 Å². The van der Waals surface area contributed by atoms with Gasteiger partial charge in [-0.3, -0.25) is 19.0 Å². The minimum Gasteiger partial charge on any atom is -0.481 e. The van der Waals surface area contributed by atoms with Gasteiger partial charge in [0.15, 0.2) is 0 Å². The molecule has 0 fully saturated rings. The average molecular weight is 295 g/mol. The normalized spacial score (nSPS) is 10.6. The number of nitrogens with zero attached hydrogens (tertiary/aromatic N) is 2. The van der Waals surface area contributed by atoms with Gasteiger partial charge in [0.1, 0.15) is 11.4 Å². The van der Waals surface area contributed by atoms with Crippen molar-refractivity contribution in [1.29, 1.82) is 0 Å². The van der Waals surface area contributed by atoms with E-state index in [9.17, 15) is 14.4 Å². The van der Waals surface area contributed by atoms with E-state index in [0.717, 1.165) is 0 Å². The Labute approximate surface area is 117 Å². The van der Waals surface area contributed by atoms with Gasteiger partial charge in [-0.2, -0.15) is 0 Å². The molecular weight excluding hydrogens is 282 g/mol. The Morgan fingerprint density at radius 1 is 1.45 bits per heavy atom. The lowest BCUT2D eigenvalue weighted by Crippen LogP contribution is -2.33. The number of aromatic nitrogens is 2. The zero-order valence-electron chi connectivity index (χ0n) is 10.5. The molecular formula is C12H13N3O4S. The van der Waals surface area contributed by atoms with Gasteiger partial charge in [-0.1, -0.05) is 0 Å². The summed E-state index contributed by atoms with van der Waals surface area (Å²) in [5.41, 5.74) is -0.253. The number of hydrogen-bond donors (Lipinski definition) is 2. The quantitative estimate of drug-likeness (QED) is 0.753. The van der Waals surface area contributed by atoms with Crippen molar-refractivity contribution in [2.24, 2.45) is 0 Å². The standard InChI is InChI=1S/C12H13N3O4S/c16-9(13-4-1-2-10(17)18)6-15-7-14-11-8(12(15)19)3-5-20-11/h3,5,7H,1-2,4,6H2,(H,13,16)(H,17,18). The lowest BCUT2D eigenvalue weighted by molar-refractivity contribution is -0.137. The molecule has 2 aromatic heterocycles. The van der Waals surface area contributed by atoms with Crippen molar-refractivity contribution in [3.8, 4) is 0 Å². The molecule has 1 amide bonds. The summed E-state index contributed by atoms with van der Waals surface area (Å²) in [4.78, 5) is 38.7. The lowest BCUT2D eigenvalue weighted by Gasteiger charge is -2.06. The molecule has 0 spiro atoms. The molecule has 2 N–H and O–H groups in total. The molecule has 2 rings (SSSR count). The average Bonchev–Trinajstić information content (AvgIpc) is 2.87. The van der Waals surface area contributed by atoms with E-state index in [1.807, 2.05) is 0 Å². The van der Waals surface area contributed by atoms with Crippen LogP contribution < -0.4 is 10.9 Å². The van der Waals surface area contributed by atoms with Crippen LogP contribution in [0, 0.1) is 0 Å². The van der Waals surface area contributed by atoms with Gasteiger partial charge in [0.25, 0.3) is 5.56 Å². The second-order valence-electron chi connectivity index (χ2n) is 4.16. The van der Waals surface area contributed by atoms with Crippen LogP contribution in [-0.4, -0.2) is 33.1 Å². The number of carbonyl (C=O) groups is 2. The van der Waals surface area contributed by atoms with E-state index in [2.05, 4.69) is 10.3 Å². The topological polar surface area (TPSA) is 101 Å². The van der Waals surface area contributed by atoms with Gasteiger partial charge in [0.05, 0.1) is 11.7 Å². The molecule has 0 aliphatic rings. The van der Waals surface area contributed by atoms with Crippen molar-refractivity contribution in [3.05, 3.63) is 28.1 Å². The van der Waals surface area contributed by atoms with Crippen molar-refractivity contribution < 1.29 is 14.7 Å². The number of thiophene rings is 1. The molecule has 0 aliphatic carbocycles. The van der Waals surface area contributed by atoms with Gasteiger partial charge < -0.3 is 10.4 Å². The SMILES string of the molecule is O=C(O)CCCNC(=O)Cn1cnc2sccc2c1=O. The van der Waals surface area contributed by atoms with Crippen LogP contribution in [0.4, 0.5) is 0 Å². The molecule has 106 valence electrons. The van der Waals surface area contributed by atoms with Crippen molar-refractivity contribution in [2.75, 3.05) is 6.54 Å². The molecule has 2 heterocycles. The number of aliphatic carboxylic acids is 1. The molecule has 20 heavy (non-hydrogen) atoms. The summed E-state index contributed by atoms with van der Waals surface area (Å²) in [5.74, 6) is -1.24. The number of rotatable bonds is 6. The van der Waals surface area contributed by atoms with E-state index in [1.54, 1.807) is 11.4 Å². The smallest absolute Gasteiger partial charge is 0.303 e. The summed E-state index contributed by atoms with van der Waals surface area (Å²) in [6.45, 7) is 0.151. The van der Waals surface area contributed by atoms with Crippen LogP contribution in [0.1, 0.15) is 12.8 Å². The highest BCUT2D eigenvalue weighted by Crippen LogP contribution is 2.12. The molecule has 0 bridgehead atoms. The predicted octanol–water partition coefficient (Wildman–Crippen LogP) is 0.439. The summed E-state index contributed by atoms with van der Waals surface area (Å²) in [6, 6.07) is 1.68. The zero-order chi connectivity index (χ0) is 14.5. The third kappa shape index (κ3) is 3.41. The second-order valence-corrected chi connectivity index (χ2v) is 5.06. The first kappa shape index (κ1) is 14.2. The number of nitrogens with one attached hydrogen (secondary N) is 1. The monoisotopic (exact) mass is 295 g/mol. The Balaban J connectivity index is 1.94. The molecule has 0 atom stereocenters. The van der Waals surface area contributed by atoms with Gasteiger partial charge in [0.2, 0.25) is 5.91 Å². The largest absolute Gasteiger partial charge is 0.481 e. The number of hydrogen-bond acceptors (Lipinski definition) is 5. The Bertz CT molecular complexity index is 691. The Hall–Kier alpha value is -2.22. The predicted molar refractivity (Wildman–Crippen MR) is 73.8 cm³/mol. The van der Waals surface area contributed by atoms with Crippen molar-refractivity contribution in [2.45, 2.75) is 19.4 Å². The first-order valence-corrected chi connectivity index (χ1v) is 6.87. The zero-order valence-corrected chi connectivity index (χ0v) is 11.4. The van der Waals surface area contributed by atoms with Crippen LogP contribution in [0.2, 0.25) is 0 Å². The van der Waals surface area contributed by atoms with Crippen molar-refractivity contribution in [3.63, 3.8) is 0 Å². The minimum atomic E-state index is -0.900.